The lowest BCUT2D eigenvalue weighted by Crippen LogP contribution is -2.41. The number of sulfonamides is 1. The molecule has 0 aliphatic heterocycles. The largest absolute Gasteiger partial charge is 0.396 e. The average molecular weight is 502 g/mol. The fraction of sp³-hybridized carbons (Fsp3) is 0.423. The summed E-state index contributed by atoms with van der Waals surface area (Å²) >= 11 is 0. The highest BCUT2D eigenvalue weighted by molar-refractivity contribution is 7.89. The summed E-state index contributed by atoms with van der Waals surface area (Å²) < 4.78 is 41.9. The van der Waals surface area contributed by atoms with Crippen LogP contribution in [0.1, 0.15) is 56.3 Å². The van der Waals surface area contributed by atoms with Crippen LogP contribution in [0.4, 0.5) is 4.39 Å². The van der Waals surface area contributed by atoms with Gasteiger partial charge in [-0.15, -0.1) is 0 Å². The van der Waals surface area contributed by atoms with Gasteiger partial charge in [-0.25, -0.2) is 17.5 Å². The minimum atomic E-state index is -3.70. The molecule has 1 aliphatic rings. The van der Waals surface area contributed by atoms with Gasteiger partial charge in [0, 0.05) is 29.8 Å². The van der Waals surface area contributed by atoms with Crippen LogP contribution in [0.3, 0.4) is 0 Å². The van der Waals surface area contributed by atoms with E-state index in [9.17, 15) is 17.6 Å². The van der Waals surface area contributed by atoms with Gasteiger partial charge < -0.3 is 15.4 Å². The Morgan fingerprint density at radius 1 is 1.11 bits per heavy atom. The molecule has 3 aromatic rings. The van der Waals surface area contributed by atoms with Crippen LogP contribution in [-0.2, 0) is 21.2 Å². The van der Waals surface area contributed by atoms with Crippen molar-refractivity contribution in [1.82, 2.24) is 15.0 Å². The van der Waals surface area contributed by atoms with Crippen molar-refractivity contribution in [3.8, 4) is 0 Å². The second-order valence-electron chi connectivity index (χ2n) is 9.32. The van der Waals surface area contributed by atoms with Crippen molar-refractivity contribution in [2.45, 2.75) is 62.4 Å². The van der Waals surface area contributed by atoms with Gasteiger partial charge >= 0.3 is 0 Å². The van der Waals surface area contributed by atoms with Gasteiger partial charge in [-0.3, -0.25) is 4.79 Å². The fourth-order valence-corrected chi connectivity index (χ4v) is 6.00. The van der Waals surface area contributed by atoms with Gasteiger partial charge in [0.05, 0.1) is 10.9 Å². The average Bonchev–Trinajstić information content (AvgIpc) is 3.25. The number of carbonyl (C=O) groups excluding carboxylic acids is 1. The molecule has 0 bridgehead atoms. The zero-order chi connectivity index (χ0) is 25.0. The monoisotopic (exact) mass is 501 g/mol. The number of aliphatic hydroxyl groups excluding tert-OH is 1. The SMILES string of the molecule is C[C@@H](NC(=O)C1CCC(NS(=O)(=O)c2ccc3cc(CCCO)[nH]c3c2)CC1)c1ccc(F)cc1. The minimum absolute atomic E-state index is 0.0580. The van der Waals surface area contributed by atoms with Gasteiger partial charge in [0.1, 0.15) is 5.82 Å². The van der Waals surface area contributed by atoms with Crippen LogP contribution in [-0.4, -0.2) is 37.1 Å². The first-order valence-corrected chi connectivity index (χ1v) is 13.5. The summed E-state index contributed by atoms with van der Waals surface area (Å²) in [6.07, 6.45) is 3.70. The molecule has 1 aliphatic carbocycles. The first-order valence-electron chi connectivity index (χ1n) is 12.1. The number of aliphatic hydroxyl groups is 1. The Bertz CT molecular complexity index is 1270. The van der Waals surface area contributed by atoms with E-state index in [0.29, 0.717) is 38.5 Å². The van der Waals surface area contributed by atoms with E-state index in [-0.39, 0.29) is 41.2 Å². The summed E-state index contributed by atoms with van der Waals surface area (Å²) in [4.78, 5) is 16.1. The number of amides is 1. The molecule has 9 heteroatoms. The molecule has 1 atom stereocenters. The number of hydrogen-bond donors (Lipinski definition) is 4. The maximum atomic E-state index is 13.1. The van der Waals surface area contributed by atoms with Crippen molar-refractivity contribution >= 4 is 26.8 Å². The predicted octanol–water partition coefficient (Wildman–Crippen LogP) is 3.95. The molecule has 35 heavy (non-hydrogen) atoms. The predicted molar refractivity (Wildman–Crippen MR) is 133 cm³/mol. The number of carbonyl (C=O) groups is 1. The number of hydrogen-bond acceptors (Lipinski definition) is 4. The quantitative estimate of drug-likeness (QED) is 0.356. The van der Waals surface area contributed by atoms with Crippen LogP contribution >= 0.6 is 0 Å². The molecular weight excluding hydrogens is 469 g/mol. The molecule has 0 spiro atoms. The van der Waals surface area contributed by atoms with E-state index in [1.807, 2.05) is 13.0 Å². The number of H-pyrrole nitrogens is 1. The van der Waals surface area contributed by atoms with Crippen molar-refractivity contribution in [3.05, 3.63) is 65.6 Å². The van der Waals surface area contributed by atoms with E-state index in [4.69, 9.17) is 5.11 Å². The summed E-state index contributed by atoms with van der Waals surface area (Å²) in [5.41, 5.74) is 2.54. The molecule has 0 unspecified atom stereocenters. The Labute approximate surface area is 205 Å². The maximum Gasteiger partial charge on any atom is 0.240 e. The van der Waals surface area contributed by atoms with Gasteiger partial charge in [0.2, 0.25) is 15.9 Å². The number of aryl methyl sites for hydroxylation is 1. The molecule has 188 valence electrons. The summed E-state index contributed by atoms with van der Waals surface area (Å²) in [6.45, 7) is 1.97. The van der Waals surface area contributed by atoms with Crippen LogP contribution in [0.5, 0.6) is 0 Å². The summed E-state index contributed by atoms with van der Waals surface area (Å²) in [7, 11) is -3.70. The molecule has 0 radical (unpaired) electrons. The zero-order valence-electron chi connectivity index (χ0n) is 19.8. The lowest BCUT2D eigenvalue weighted by Gasteiger charge is -2.29. The molecular formula is C26H32FN3O4S. The Hall–Kier alpha value is -2.75. The van der Waals surface area contributed by atoms with Crippen LogP contribution in [0.25, 0.3) is 10.9 Å². The van der Waals surface area contributed by atoms with Crippen molar-refractivity contribution < 1.29 is 22.7 Å². The van der Waals surface area contributed by atoms with Crippen molar-refractivity contribution in [2.75, 3.05) is 6.61 Å². The summed E-state index contributed by atoms with van der Waals surface area (Å²) in [5.74, 6) is -0.549. The number of aromatic amines is 1. The molecule has 2 aromatic carbocycles. The number of fused-ring (bicyclic) bond motifs is 1. The third-order valence-corrected chi connectivity index (χ3v) is 8.23. The molecule has 1 amide bonds. The summed E-state index contributed by atoms with van der Waals surface area (Å²) in [6, 6.07) is 12.6. The Morgan fingerprint density at radius 2 is 1.83 bits per heavy atom. The summed E-state index contributed by atoms with van der Waals surface area (Å²) in [5, 5.41) is 12.9. The molecule has 1 saturated carbocycles. The Morgan fingerprint density at radius 3 is 2.51 bits per heavy atom. The van der Waals surface area contributed by atoms with E-state index >= 15 is 0 Å². The third kappa shape index (κ3) is 6.28. The highest BCUT2D eigenvalue weighted by atomic mass is 32.2. The molecule has 4 rings (SSSR count). The Balaban J connectivity index is 1.32. The Kier molecular flexibility index (Phi) is 7.88. The van der Waals surface area contributed by atoms with Crippen molar-refractivity contribution in [3.63, 3.8) is 0 Å². The van der Waals surface area contributed by atoms with Gasteiger partial charge in [0.25, 0.3) is 0 Å². The van der Waals surface area contributed by atoms with Crippen molar-refractivity contribution in [2.24, 2.45) is 5.92 Å². The van der Waals surface area contributed by atoms with Crippen LogP contribution < -0.4 is 10.0 Å². The van der Waals surface area contributed by atoms with E-state index < -0.39 is 10.0 Å². The maximum absolute atomic E-state index is 13.1. The first-order chi connectivity index (χ1) is 16.7. The fourth-order valence-electron chi connectivity index (χ4n) is 4.66. The van der Waals surface area contributed by atoms with E-state index in [2.05, 4.69) is 15.0 Å². The number of nitrogens with one attached hydrogen (secondary N) is 3. The topological polar surface area (TPSA) is 111 Å². The van der Waals surface area contributed by atoms with Crippen LogP contribution in [0, 0.1) is 11.7 Å². The molecule has 1 aromatic heterocycles. The first kappa shape index (κ1) is 25.3. The second kappa shape index (κ2) is 10.9. The van der Waals surface area contributed by atoms with Gasteiger partial charge in [-0.2, -0.15) is 0 Å². The molecule has 4 N–H and O–H groups in total. The zero-order valence-corrected chi connectivity index (χ0v) is 20.6. The molecule has 7 nitrogen and oxygen atoms in total. The molecule has 0 saturated heterocycles. The van der Waals surface area contributed by atoms with Crippen LogP contribution in [0.2, 0.25) is 0 Å². The van der Waals surface area contributed by atoms with E-state index in [1.165, 1.54) is 12.1 Å². The minimum Gasteiger partial charge on any atom is -0.396 e. The standard InChI is InChI=1S/C26H32FN3O4S/c1-17(18-4-9-21(27)10-5-18)28-26(32)19-6-11-22(12-7-19)30-35(33,34)24-13-8-20-15-23(3-2-14-31)29-25(20)16-24/h4-5,8-10,13,15-17,19,22,29-31H,2-3,6-7,11-12,14H2,1H3,(H,28,32)/t17-,19?,22?/m1/s1. The third-order valence-electron chi connectivity index (χ3n) is 6.71. The van der Waals surface area contributed by atoms with Crippen LogP contribution in [0.15, 0.2) is 53.4 Å². The van der Waals surface area contributed by atoms with Gasteiger partial charge in [-0.05, 0) is 86.7 Å². The lowest BCUT2D eigenvalue weighted by molar-refractivity contribution is -0.126. The number of halogens is 1. The lowest BCUT2D eigenvalue weighted by atomic mass is 9.85. The normalized spacial score (nSPS) is 19.5. The number of aromatic nitrogens is 1. The molecule has 1 heterocycles. The number of benzene rings is 2. The second-order valence-corrected chi connectivity index (χ2v) is 11.0. The smallest absolute Gasteiger partial charge is 0.240 e. The highest BCUT2D eigenvalue weighted by Gasteiger charge is 2.30. The van der Waals surface area contributed by atoms with Gasteiger partial charge in [0.15, 0.2) is 0 Å². The number of rotatable bonds is 9. The van der Waals surface area contributed by atoms with Crippen molar-refractivity contribution in [1.29, 1.82) is 0 Å². The van der Waals surface area contributed by atoms with E-state index in [1.54, 1.807) is 30.3 Å². The van der Waals surface area contributed by atoms with E-state index in [0.717, 1.165) is 22.2 Å². The molecule has 1 fully saturated rings. The highest BCUT2D eigenvalue weighted by Crippen LogP contribution is 2.27. The van der Waals surface area contributed by atoms with Gasteiger partial charge in [-0.1, -0.05) is 18.2 Å².